The van der Waals surface area contributed by atoms with E-state index >= 15 is 0 Å². The molecule has 158 valence electrons. The number of amides is 2. The molecule has 4 rings (SSSR count). The van der Waals surface area contributed by atoms with Crippen molar-refractivity contribution in [1.82, 2.24) is 9.80 Å². The number of likely N-dealkylation sites (tertiary alicyclic amines) is 1. The molecular weight excluding hydrogens is 384 g/mol. The number of nitrogens with zero attached hydrogens (tertiary/aromatic N) is 2. The van der Waals surface area contributed by atoms with Gasteiger partial charge in [-0.15, -0.1) is 0 Å². The molecule has 0 unspecified atom stereocenters. The minimum atomic E-state index is -0.626. The van der Waals surface area contributed by atoms with Crippen molar-refractivity contribution < 1.29 is 9.59 Å². The van der Waals surface area contributed by atoms with E-state index in [-0.39, 0.29) is 11.8 Å². The van der Waals surface area contributed by atoms with Gasteiger partial charge in [0.1, 0.15) is 0 Å². The molecule has 0 N–H and O–H groups in total. The number of rotatable bonds is 5. The Hall–Kier alpha value is -3.40. The van der Waals surface area contributed by atoms with Crippen molar-refractivity contribution in [2.75, 3.05) is 27.2 Å². The molecule has 1 atom stereocenters. The number of hydrogen-bond acceptors (Lipinski definition) is 2. The highest BCUT2D eigenvalue weighted by atomic mass is 16.2. The summed E-state index contributed by atoms with van der Waals surface area (Å²) in [7, 11) is 3.60. The molecule has 31 heavy (non-hydrogen) atoms. The van der Waals surface area contributed by atoms with Crippen LogP contribution in [0.5, 0.6) is 0 Å². The second kappa shape index (κ2) is 8.76. The highest BCUT2D eigenvalue weighted by Gasteiger charge is 2.47. The fourth-order valence-corrected chi connectivity index (χ4v) is 4.62. The normalized spacial score (nSPS) is 18.1. The molecule has 3 aromatic carbocycles. The Bertz CT molecular complexity index is 1060. The van der Waals surface area contributed by atoms with E-state index in [2.05, 4.69) is 24.3 Å². The maximum absolute atomic E-state index is 13.4. The first kappa shape index (κ1) is 20.9. The Kier molecular flexibility index (Phi) is 5.90. The van der Waals surface area contributed by atoms with Gasteiger partial charge in [-0.05, 0) is 41.7 Å². The summed E-state index contributed by atoms with van der Waals surface area (Å²) in [6.07, 6.45) is 1.26. The van der Waals surface area contributed by atoms with Crippen molar-refractivity contribution in [2.24, 2.45) is 5.41 Å². The summed E-state index contributed by atoms with van der Waals surface area (Å²) in [5.74, 6) is 0.0732. The molecule has 4 nitrogen and oxygen atoms in total. The van der Waals surface area contributed by atoms with Crippen LogP contribution in [0.1, 0.15) is 22.3 Å². The lowest BCUT2D eigenvalue weighted by Gasteiger charge is -2.32. The molecule has 1 aliphatic rings. The zero-order chi connectivity index (χ0) is 21.8. The zero-order valence-corrected chi connectivity index (χ0v) is 18.1. The Morgan fingerprint density at radius 2 is 1.48 bits per heavy atom. The molecule has 0 radical (unpaired) electrons. The van der Waals surface area contributed by atoms with E-state index in [4.69, 9.17) is 0 Å². The summed E-state index contributed by atoms with van der Waals surface area (Å²) in [6, 6.07) is 27.9. The Morgan fingerprint density at radius 3 is 2.16 bits per heavy atom. The molecule has 1 fully saturated rings. The van der Waals surface area contributed by atoms with Crippen LogP contribution < -0.4 is 0 Å². The molecule has 3 aromatic rings. The van der Waals surface area contributed by atoms with Gasteiger partial charge in [-0.1, -0.05) is 72.8 Å². The largest absolute Gasteiger partial charge is 0.348 e. The summed E-state index contributed by atoms with van der Waals surface area (Å²) < 4.78 is 0. The Labute approximate surface area is 184 Å². The van der Waals surface area contributed by atoms with E-state index in [1.54, 1.807) is 19.0 Å². The molecule has 1 saturated heterocycles. The molecule has 4 heteroatoms. The van der Waals surface area contributed by atoms with Crippen LogP contribution in [0.25, 0.3) is 11.1 Å². The van der Waals surface area contributed by atoms with Gasteiger partial charge in [0.2, 0.25) is 5.91 Å². The first-order valence-electron chi connectivity index (χ1n) is 10.7. The average Bonchev–Trinajstić information content (AvgIpc) is 3.24. The van der Waals surface area contributed by atoms with Crippen molar-refractivity contribution in [3.63, 3.8) is 0 Å². The number of carbonyl (C=O) groups is 2. The van der Waals surface area contributed by atoms with Crippen LogP contribution in [0.2, 0.25) is 0 Å². The first-order chi connectivity index (χ1) is 15.0. The summed E-state index contributed by atoms with van der Waals surface area (Å²) in [5, 5.41) is 0. The van der Waals surface area contributed by atoms with Gasteiger partial charge in [0.05, 0.1) is 5.41 Å². The Morgan fingerprint density at radius 1 is 0.871 bits per heavy atom. The smallest absolute Gasteiger partial charge is 0.253 e. The van der Waals surface area contributed by atoms with Gasteiger partial charge >= 0.3 is 0 Å². The van der Waals surface area contributed by atoms with Crippen LogP contribution in [-0.4, -0.2) is 48.8 Å². The lowest BCUT2D eigenvalue weighted by molar-refractivity contribution is -0.138. The third-order valence-electron chi connectivity index (χ3n) is 6.15. The molecule has 1 aliphatic heterocycles. The second-order valence-corrected chi connectivity index (χ2v) is 8.52. The summed E-state index contributed by atoms with van der Waals surface area (Å²) in [6.45, 7) is 1.02. The molecule has 0 bridgehead atoms. The number of carbonyl (C=O) groups excluding carboxylic acids is 2. The molecule has 1 heterocycles. The molecule has 2 amide bonds. The molecule has 0 aliphatic carbocycles. The van der Waals surface area contributed by atoms with Gasteiger partial charge in [-0.25, -0.2) is 0 Å². The van der Waals surface area contributed by atoms with E-state index in [1.165, 1.54) is 0 Å². The molecular formula is C27H28N2O2. The van der Waals surface area contributed by atoms with Crippen molar-refractivity contribution >= 4 is 11.8 Å². The predicted octanol–water partition coefficient (Wildman–Crippen LogP) is 4.52. The van der Waals surface area contributed by atoms with E-state index in [9.17, 15) is 9.59 Å². The summed E-state index contributed by atoms with van der Waals surface area (Å²) in [5.41, 5.74) is 3.46. The quantitative estimate of drug-likeness (QED) is 0.618. The van der Waals surface area contributed by atoms with Crippen LogP contribution in [0.3, 0.4) is 0 Å². The van der Waals surface area contributed by atoms with Crippen molar-refractivity contribution in [1.29, 1.82) is 0 Å². The van der Waals surface area contributed by atoms with E-state index < -0.39 is 5.41 Å². The fraction of sp³-hybridized carbons (Fsp3) is 0.259. The van der Waals surface area contributed by atoms with Gasteiger partial charge in [0, 0.05) is 32.7 Å². The lowest BCUT2D eigenvalue weighted by atomic mass is 9.77. The van der Waals surface area contributed by atoms with Crippen LogP contribution in [0.4, 0.5) is 0 Å². The standard InChI is InChI=1S/C27H28N2O2/c1-28(2)26(31)27(17-18-29(20-27)25(30)22-13-7-4-8-14-22)19-23-15-9-10-16-24(23)21-11-5-3-6-12-21/h3-16H,17-20H2,1-2H3/t27-/m1/s1. The topological polar surface area (TPSA) is 40.6 Å². The minimum absolute atomic E-state index is 0.00891. The van der Waals surface area contributed by atoms with Crippen molar-refractivity contribution in [3.8, 4) is 11.1 Å². The van der Waals surface area contributed by atoms with Gasteiger partial charge in [-0.3, -0.25) is 9.59 Å². The van der Waals surface area contributed by atoms with Gasteiger partial charge in [0.25, 0.3) is 5.91 Å². The van der Waals surface area contributed by atoms with E-state index in [0.29, 0.717) is 31.5 Å². The highest BCUT2D eigenvalue weighted by molar-refractivity contribution is 5.95. The van der Waals surface area contributed by atoms with Crippen LogP contribution >= 0.6 is 0 Å². The van der Waals surface area contributed by atoms with Crippen molar-refractivity contribution in [2.45, 2.75) is 12.8 Å². The molecule has 0 aromatic heterocycles. The Balaban J connectivity index is 1.67. The molecule has 0 spiro atoms. The van der Waals surface area contributed by atoms with Crippen LogP contribution in [0, 0.1) is 5.41 Å². The SMILES string of the molecule is CN(C)C(=O)[C@@]1(Cc2ccccc2-c2ccccc2)CCN(C(=O)c2ccccc2)C1. The first-order valence-corrected chi connectivity index (χ1v) is 10.7. The van der Waals surface area contributed by atoms with Gasteiger partial charge < -0.3 is 9.80 Å². The molecule has 0 saturated carbocycles. The van der Waals surface area contributed by atoms with Crippen LogP contribution in [0.15, 0.2) is 84.9 Å². The minimum Gasteiger partial charge on any atom is -0.348 e. The van der Waals surface area contributed by atoms with E-state index in [0.717, 1.165) is 16.7 Å². The third-order valence-corrected chi connectivity index (χ3v) is 6.15. The average molecular weight is 413 g/mol. The van der Waals surface area contributed by atoms with Gasteiger partial charge in [0.15, 0.2) is 0 Å². The lowest BCUT2D eigenvalue weighted by Crippen LogP contribution is -2.44. The van der Waals surface area contributed by atoms with E-state index in [1.807, 2.05) is 65.6 Å². The maximum atomic E-state index is 13.4. The monoisotopic (exact) mass is 412 g/mol. The number of benzene rings is 3. The predicted molar refractivity (Wildman–Crippen MR) is 124 cm³/mol. The van der Waals surface area contributed by atoms with Gasteiger partial charge in [-0.2, -0.15) is 0 Å². The summed E-state index contributed by atoms with van der Waals surface area (Å²) in [4.78, 5) is 30.0. The van der Waals surface area contributed by atoms with Crippen LogP contribution in [-0.2, 0) is 11.2 Å². The second-order valence-electron chi connectivity index (χ2n) is 8.52. The van der Waals surface area contributed by atoms with Crippen molar-refractivity contribution in [3.05, 3.63) is 96.1 Å². The third kappa shape index (κ3) is 4.24. The maximum Gasteiger partial charge on any atom is 0.253 e. The summed E-state index contributed by atoms with van der Waals surface area (Å²) >= 11 is 0. The number of hydrogen-bond donors (Lipinski definition) is 0. The highest BCUT2D eigenvalue weighted by Crippen LogP contribution is 2.39. The fourth-order valence-electron chi connectivity index (χ4n) is 4.62. The zero-order valence-electron chi connectivity index (χ0n) is 18.1.